The molecule has 14 heteroatoms. The zero-order valence-electron chi connectivity index (χ0n) is 14.5. The van der Waals surface area contributed by atoms with Crippen molar-refractivity contribution < 1.29 is 38.3 Å². The summed E-state index contributed by atoms with van der Waals surface area (Å²) in [4.78, 5) is 24.9. The monoisotopic (exact) mass is 446 g/mol. The molecule has 0 bridgehead atoms. The van der Waals surface area contributed by atoms with Crippen molar-refractivity contribution >= 4 is 31.1 Å². The van der Waals surface area contributed by atoms with Crippen LogP contribution in [0.3, 0.4) is 0 Å². The van der Waals surface area contributed by atoms with E-state index in [1.165, 1.54) is 24.3 Å². The van der Waals surface area contributed by atoms with Gasteiger partial charge in [-0.3, -0.25) is 18.8 Å². The van der Waals surface area contributed by atoms with Crippen LogP contribution in [0.1, 0.15) is 16.7 Å². The number of imidazole rings is 1. The van der Waals surface area contributed by atoms with Gasteiger partial charge in [-0.1, -0.05) is 11.6 Å². The molecule has 1 amide bonds. The third-order valence-corrected chi connectivity index (χ3v) is 5.92. The molecular weight excluding hydrogens is 431 g/mol. The highest BCUT2D eigenvalue weighted by molar-refractivity contribution is 7.47. The summed E-state index contributed by atoms with van der Waals surface area (Å²) in [6.45, 7) is 0. The lowest BCUT2D eigenvalue weighted by atomic mass is 10.1. The van der Waals surface area contributed by atoms with Gasteiger partial charge in [0.25, 0.3) is 5.91 Å². The minimum Gasteiger partial charge on any atom is -0.404 e. The first-order chi connectivity index (χ1) is 13.5. The first-order valence-corrected chi connectivity index (χ1v) is 10.1. The summed E-state index contributed by atoms with van der Waals surface area (Å²) in [6, 6.07) is 5.61. The zero-order chi connectivity index (χ0) is 21.1. The molecule has 29 heavy (non-hydrogen) atoms. The molecule has 2 aliphatic rings. The molecule has 2 fully saturated rings. The minimum atomic E-state index is -4.66. The summed E-state index contributed by atoms with van der Waals surface area (Å²) < 4.78 is 28.7. The Morgan fingerprint density at radius 2 is 2.03 bits per heavy atom. The van der Waals surface area contributed by atoms with Crippen LogP contribution in [0.2, 0.25) is 5.02 Å². The van der Waals surface area contributed by atoms with Crippen LogP contribution >= 0.6 is 19.4 Å². The van der Waals surface area contributed by atoms with Crippen molar-refractivity contribution in [1.29, 1.82) is 0 Å². The molecule has 4 rings (SSSR count). The number of hydrogen-bond donors (Lipinski definition) is 5. The molecule has 12 nitrogen and oxygen atoms in total. The van der Waals surface area contributed by atoms with Gasteiger partial charge in [0.15, 0.2) is 17.5 Å². The van der Waals surface area contributed by atoms with Crippen LogP contribution in [0.4, 0.5) is 5.82 Å². The van der Waals surface area contributed by atoms with Crippen molar-refractivity contribution in [2.45, 2.75) is 30.1 Å². The number of ether oxygens (including phenoxy) is 1. The molecule has 0 spiro atoms. The normalized spacial score (nSPS) is 32.4. The third kappa shape index (κ3) is 3.28. The summed E-state index contributed by atoms with van der Waals surface area (Å²) in [5.41, 5.74) is 8.69. The predicted molar refractivity (Wildman–Crippen MR) is 96.8 cm³/mol. The van der Waals surface area contributed by atoms with Gasteiger partial charge in [-0.15, -0.1) is 0 Å². The van der Waals surface area contributed by atoms with Crippen LogP contribution < -0.4 is 16.0 Å². The number of aromatic nitrogens is 2. The smallest absolute Gasteiger partial charge is 0.404 e. The van der Waals surface area contributed by atoms with E-state index in [-0.39, 0.29) is 17.3 Å². The summed E-state index contributed by atoms with van der Waals surface area (Å²) in [6.07, 6.45) is -4.17. The number of phosphoric acid groups is 1. The number of carbonyl (C=O) groups is 1. The SMILES string of the molecule is NC(=O)c1ncn([C@@H]2O[C@@H]3C(OP(=O)(O)Oc4ccc(Cl)cc4)[C@]3(O)[C@H]2O)c1N. The molecule has 1 aliphatic carbocycles. The van der Waals surface area contributed by atoms with E-state index in [1.54, 1.807) is 0 Å². The molecule has 1 saturated heterocycles. The van der Waals surface area contributed by atoms with E-state index in [4.69, 9.17) is 36.9 Å². The predicted octanol–water partition coefficient (Wildman–Crippen LogP) is -0.215. The van der Waals surface area contributed by atoms with E-state index in [2.05, 4.69) is 4.98 Å². The first kappa shape index (κ1) is 20.1. The van der Waals surface area contributed by atoms with Crippen LogP contribution in [0.15, 0.2) is 30.6 Å². The van der Waals surface area contributed by atoms with Crippen molar-refractivity contribution in [3.63, 3.8) is 0 Å². The third-order valence-electron chi connectivity index (χ3n) is 4.73. The molecule has 1 aliphatic heterocycles. The number of phosphoric ester groups is 1. The molecule has 7 N–H and O–H groups in total. The summed E-state index contributed by atoms with van der Waals surface area (Å²) in [7, 11) is -4.66. The van der Waals surface area contributed by atoms with Gasteiger partial charge in [-0.05, 0) is 24.3 Å². The molecule has 2 aromatic rings. The van der Waals surface area contributed by atoms with E-state index >= 15 is 0 Å². The quantitative estimate of drug-likeness (QED) is 0.370. The number of hydrogen-bond acceptors (Lipinski definition) is 9. The summed E-state index contributed by atoms with van der Waals surface area (Å²) in [5, 5.41) is 21.5. The number of nitrogens with zero attached hydrogens (tertiary/aromatic N) is 2. The van der Waals surface area contributed by atoms with Crippen molar-refractivity contribution in [2.24, 2.45) is 5.73 Å². The van der Waals surface area contributed by atoms with E-state index in [1.807, 2.05) is 0 Å². The molecular formula is C15H16ClN4O8P. The minimum absolute atomic E-state index is 0.0162. The second kappa shape index (κ2) is 6.67. The second-order valence-corrected chi connectivity index (χ2v) is 8.34. The molecule has 2 heterocycles. The largest absolute Gasteiger partial charge is 0.527 e. The molecule has 2 unspecified atom stereocenters. The zero-order valence-corrected chi connectivity index (χ0v) is 16.1. The fourth-order valence-corrected chi connectivity index (χ4v) is 4.34. The number of fused-ring (bicyclic) bond motifs is 1. The number of nitrogens with two attached hydrogens (primary N) is 2. The van der Waals surface area contributed by atoms with Gasteiger partial charge in [0, 0.05) is 5.02 Å². The number of aliphatic hydroxyl groups is 2. The Morgan fingerprint density at radius 1 is 1.38 bits per heavy atom. The van der Waals surface area contributed by atoms with E-state index < -0.39 is 43.9 Å². The maximum absolute atomic E-state index is 12.2. The van der Waals surface area contributed by atoms with E-state index in [0.29, 0.717) is 5.02 Å². The number of rotatable bonds is 6. The molecule has 1 aromatic heterocycles. The lowest BCUT2D eigenvalue weighted by Gasteiger charge is -2.24. The fraction of sp³-hybridized carbons (Fsp3) is 0.333. The van der Waals surface area contributed by atoms with Crippen LogP contribution in [-0.2, 0) is 13.8 Å². The van der Waals surface area contributed by atoms with Gasteiger partial charge in [-0.25, -0.2) is 9.55 Å². The van der Waals surface area contributed by atoms with Gasteiger partial charge in [0.1, 0.15) is 29.9 Å². The molecule has 1 aromatic carbocycles. The van der Waals surface area contributed by atoms with Crippen molar-refractivity contribution in [2.75, 3.05) is 5.73 Å². The fourth-order valence-electron chi connectivity index (χ4n) is 3.22. The molecule has 6 atom stereocenters. The molecule has 1 saturated carbocycles. The Balaban J connectivity index is 1.46. The van der Waals surface area contributed by atoms with Gasteiger partial charge < -0.3 is 30.9 Å². The molecule has 156 valence electrons. The highest BCUT2D eigenvalue weighted by atomic mass is 35.5. The summed E-state index contributed by atoms with van der Waals surface area (Å²) >= 11 is 5.73. The Labute approximate surface area is 168 Å². The lowest BCUT2D eigenvalue weighted by Crippen LogP contribution is -2.37. The van der Waals surface area contributed by atoms with Gasteiger partial charge in [0.05, 0.1) is 6.33 Å². The number of carbonyl (C=O) groups excluding carboxylic acids is 1. The standard InChI is InChI=1S/C15H16ClN4O8P/c16-6-1-3-7(4-2-6)27-29(24,25)28-11-10-15(11,23)9(21)14(26-10)20-5-19-8(12(20)17)13(18)22/h1-5,9-11,14,21,23H,17H2,(H2,18,22)(H,24,25)/t9-,10+,11?,14+,15-/m0/s1. The van der Waals surface area contributed by atoms with Gasteiger partial charge in [0.2, 0.25) is 0 Å². The maximum Gasteiger partial charge on any atom is 0.527 e. The van der Waals surface area contributed by atoms with Crippen molar-refractivity contribution in [1.82, 2.24) is 9.55 Å². The van der Waals surface area contributed by atoms with Gasteiger partial charge in [-0.2, -0.15) is 0 Å². The van der Waals surface area contributed by atoms with Crippen LogP contribution in [-0.4, -0.2) is 54.5 Å². The lowest BCUT2D eigenvalue weighted by molar-refractivity contribution is -0.0930. The van der Waals surface area contributed by atoms with Crippen LogP contribution in [0.25, 0.3) is 0 Å². The Hall–Kier alpha value is -2.18. The maximum atomic E-state index is 12.2. The van der Waals surface area contributed by atoms with Crippen LogP contribution in [0.5, 0.6) is 5.75 Å². The number of nitrogen functional groups attached to an aromatic ring is 1. The second-order valence-electron chi connectivity index (χ2n) is 6.57. The van der Waals surface area contributed by atoms with Crippen molar-refractivity contribution in [3.05, 3.63) is 41.3 Å². The van der Waals surface area contributed by atoms with E-state index in [0.717, 1.165) is 10.9 Å². The topological polar surface area (TPSA) is 192 Å². The Morgan fingerprint density at radius 3 is 2.55 bits per heavy atom. The number of halogens is 1. The number of anilines is 1. The summed E-state index contributed by atoms with van der Waals surface area (Å²) in [5.74, 6) is -1.02. The number of aliphatic hydroxyl groups excluding tert-OH is 1. The highest BCUT2D eigenvalue weighted by Gasteiger charge is 2.79. The Bertz CT molecular complexity index is 1020. The number of benzene rings is 1. The van der Waals surface area contributed by atoms with Crippen LogP contribution in [0, 0.1) is 0 Å². The number of amides is 1. The van der Waals surface area contributed by atoms with Crippen molar-refractivity contribution in [3.8, 4) is 5.75 Å². The highest BCUT2D eigenvalue weighted by Crippen LogP contribution is 2.61. The van der Waals surface area contributed by atoms with Gasteiger partial charge >= 0.3 is 7.82 Å². The average molecular weight is 447 g/mol. The number of primary amides is 1. The first-order valence-electron chi connectivity index (χ1n) is 8.19. The molecule has 0 radical (unpaired) electrons. The average Bonchev–Trinajstić information content (AvgIpc) is 2.90. The Kier molecular flexibility index (Phi) is 4.63. The van der Waals surface area contributed by atoms with E-state index in [9.17, 15) is 24.5 Å².